The molecule has 2 aromatic carbocycles. The molecule has 0 unspecified atom stereocenters. The summed E-state index contributed by atoms with van der Waals surface area (Å²) in [7, 11) is 0. The molecule has 0 aliphatic carbocycles. The van der Waals surface area contributed by atoms with Crippen molar-refractivity contribution in [2.24, 2.45) is 0 Å². The molecule has 0 N–H and O–H groups in total. The number of halogens is 3. The molecule has 0 aliphatic rings. The summed E-state index contributed by atoms with van der Waals surface area (Å²) in [6, 6.07) is 13.0. The second kappa shape index (κ2) is 6.82. The first-order valence-corrected chi connectivity index (χ1v) is 7.42. The molecule has 0 fully saturated rings. The fourth-order valence-corrected chi connectivity index (χ4v) is 2.18. The largest absolute Gasteiger partial charge is 0.293 e. The van der Waals surface area contributed by atoms with E-state index in [9.17, 15) is 9.18 Å². The van der Waals surface area contributed by atoms with Crippen molar-refractivity contribution in [2.45, 2.75) is 0 Å². The molecule has 0 heterocycles. The highest BCUT2D eigenvalue weighted by Gasteiger charge is 2.11. The van der Waals surface area contributed by atoms with Crippen LogP contribution in [-0.2, 0) is 4.79 Å². The van der Waals surface area contributed by atoms with Gasteiger partial charge in [-0.2, -0.15) is 0 Å². The Kier molecular flexibility index (Phi) is 5.10. The van der Waals surface area contributed by atoms with Crippen LogP contribution in [0.3, 0.4) is 0 Å². The van der Waals surface area contributed by atoms with Crippen LogP contribution in [-0.4, -0.2) is 11.1 Å². The quantitative estimate of drug-likeness (QED) is 0.430. The third-order valence-electron chi connectivity index (χ3n) is 2.76. The fraction of sp³-hybridized carbons (Fsp3) is 0.0625. The zero-order valence-electron chi connectivity index (χ0n) is 10.4. The Morgan fingerprint density at radius 3 is 2.25 bits per heavy atom. The van der Waals surface area contributed by atoms with Crippen molar-refractivity contribution in [3.05, 3.63) is 70.5 Å². The summed E-state index contributed by atoms with van der Waals surface area (Å²) in [6.07, 6.45) is 1.77. The fourth-order valence-electron chi connectivity index (χ4n) is 1.75. The highest BCUT2D eigenvalue weighted by atomic mass is 79.9. The first-order chi connectivity index (χ1) is 9.60. The number of hydrogen-bond donors (Lipinski definition) is 0. The van der Waals surface area contributed by atoms with Crippen molar-refractivity contribution in [3.63, 3.8) is 0 Å². The summed E-state index contributed by atoms with van der Waals surface area (Å²) >= 11 is 9.00. The summed E-state index contributed by atoms with van der Waals surface area (Å²) in [5, 5.41) is 0.848. The van der Waals surface area contributed by atoms with Gasteiger partial charge in [-0.05, 0) is 41.5 Å². The van der Waals surface area contributed by atoms with Gasteiger partial charge in [-0.3, -0.25) is 4.79 Å². The molecule has 2 rings (SSSR count). The number of carbonyl (C=O) groups is 1. The molecule has 4 heteroatoms. The van der Waals surface area contributed by atoms with Gasteiger partial charge in [-0.15, -0.1) is 0 Å². The highest BCUT2D eigenvalue weighted by Crippen LogP contribution is 2.21. The number of rotatable bonds is 4. The Bertz CT molecular complexity index is 633. The number of Topliss-reactive ketones (excluding diaryl/α,β-unsaturated/α-hetero) is 1. The average Bonchev–Trinajstić information content (AvgIpc) is 2.47. The third-order valence-corrected chi connectivity index (χ3v) is 3.52. The third kappa shape index (κ3) is 3.78. The van der Waals surface area contributed by atoms with E-state index in [-0.39, 0.29) is 16.9 Å². The molecule has 20 heavy (non-hydrogen) atoms. The van der Waals surface area contributed by atoms with Crippen LogP contribution in [0.2, 0.25) is 5.02 Å². The van der Waals surface area contributed by atoms with Crippen LogP contribution >= 0.6 is 27.5 Å². The Morgan fingerprint density at radius 2 is 1.70 bits per heavy atom. The van der Waals surface area contributed by atoms with Crippen LogP contribution in [0.1, 0.15) is 11.1 Å². The molecule has 0 aliphatic heterocycles. The van der Waals surface area contributed by atoms with E-state index in [0.717, 1.165) is 5.56 Å². The highest BCUT2D eigenvalue weighted by molar-refractivity contribution is 9.09. The van der Waals surface area contributed by atoms with E-state index in [0.29, 0.717) is 16.2 Å². The maximum absolute atomic E-state index is 13.0. The van der Waals surface area contributed by atoms with E-state index in [1.54, 1.807) is 30.3 Å². The Hall–Kier alpha value is -1.45. The van der Waals surface area contributed by atoms with E-state index >= 15 is 0 Å². The summed E-state index contributed by atoms with van der Waals surface area (Å²) in [4.78, 5) is 12.0. The molecule has 0 radical (unpaired) electrons. The number of allylic oxidation sites excluding steroid dienone is 1. The second-order valence-electron chi connectivity index (χ2n) is 4.17. The molecule has 0 bridgehead atoms. The summed E-state index contributed by atoms with van der Waals surface area (Å²) in [6.45, 7) is 0. The maximum Gasteiger partial charge on any atom is 0.173 e. The summed E-state index contributed by atoms with van der Waals surface area (Å²) in [5.41, 5.74) is 2.08. The van der Waals surface area contributed by atoms with E-state index in [1.165, 1.54) is 12.1 Å². The predicted octanol–water partition coefficient (Wildman–Crippen LogP) is 4.98. The van der Waals surface area contributed by atoms with Gasteiger partial charge in [0.2, 0.25) is 0 Å². The molecule has 102 valence electrons. The van der Waals surface area contributed by atoms with Crippen LogP contribution in [0, 0.1) is 5.82 Å². The zero-order valence-corrected chi connectivity index (χ0v) is 12.8. The minimum absolute atomic E-state index is 0.0634. The number of alkyl halides is 1. The lowest BCUT2D eigenvalue weighted by Gasteiger charge is -2.06. The van der Waals surface area contributed by atoms with Crippen LogP contribution in [0.5, 0.6) is 0 Å². The number of hydrogen-bond acceptors (Lipinski definition) is 1. The molecular formula is C16H11BrClFO. The van der Waals surface area contributed by atoms with Crippen molar-refractivity contribution in [1.29, 1.82) is 0 Å². The minimum atomic E-state index is -0.328. The molecule has 0 saturated heterocycles. The van der Waals surface area contributed by atoms with Crippen molar-refractivity contribution >= 4 is 45.0 Å². The van der Waals surface area contributed by atoms with Gasteiger partial charge >= 0.3 is 0 Å². The number of benzene rings is 2. The van der Waals surface area contributed by atoms with E-state index in [4.69, 9.17) is 11.6 Å². The Labute approximate surface area is 130 Å². The summed E-state index contributed by atoms with van der Waals surface area (Å²) < 4.78 is 13.0. The van der Waals surface area contributed by atoms with Crippen molar-refractivity contribution in [1.82, 2.24) is 0 Å². The number of ketones is 1. The topological polar surface area (TPSA) is 17.1 Å². The van der Waals surface area contributed by atoms with Gasteiger partial charge in [0, 0.05) is 10.6 Å². The summed E-state index contributed by atoms with van der Waals surface area (Å²) in [5.74, 6) is -0.391. The van der Waals surface area contributed by atoms with Crippen molar-refractivity contribution in [2.75, 3.05) is 5.33 Å². The molecule has 0 amide bonds. The monoisotopic (exact) mass is 352 g/mol. The first kappa shape index (κ1) is 14.9. The van der Waals surface area contributed by atoms with E-state index in [1.807, 2.05) is 12.1 Å². The molecule has 0 atom stereocenters. The maximum atomic E-state index is 13.0. The SMILES string of the molecule is O=C(CBr)C(=Cc1ccc(Cl)cc1)c1ccc(F)cc1. The van der Waals surface area contributed by atoms with Crippen LogP contribution in [0.15, 0.2) is 48.5 Å². The molecule has 0 spiro atoms. The van der Waals surface area contributed by atoms with Crippen molar-refractivity contribution < 1.29 is 9.18 Å². The lowest BCUT2D eigenvalue weighted by molar-refractivity contribution is -0.111. The van der Waals surface area contributed by atoms with Gasteiger partial charge in [-0.25, -0.2) is 4.39 Å². The normalized spacial score (nSPS) is 11.4. The van der Waals surface area contributed by atoms with Crippen molar-refractivity contribution in [3.8, 4) is 0 Å². The molecule has 2 aromatic rings. The van der Waals surface area contributed by atoms with Gasteiger partial charge in [0.15, 0.2) is 5.78 Å². The van der Waals surface area contributed by atoms with Gasteiger partial charge in [0.05, 0.1) is 5.33 Å². The molecule has 0 aromatic heterocycles. The van der Waals surface area contributed by atoms with Gasteiger partial charge in [-0.1, -0.05) is 51.8 Å². The smallest absolute Gasteiger partial charge is 0.173 e. The van der Waals surface area contributed by atoms with E-state index in [2.05, 4.69) is 15.9 Å². The van der Waals surface area contributed by atoms with Gasteiger partial charge in [0.25, 0.3) is 0 Å². The second-order valence-corrected chi connectivity index (χ2v) is 5.17. The van der Waals surface area contributed by atoms with Crippen LogP contribution in [0.4, 0.5) is 4.39 Å². The molecule has 0 saturated carbocycles. The Morgan fingerprint density at radius 1 is 1.10 bits per heavy atom. The molecule has 1 nitrogen and oxygen atoms in total. The lowest BCUT2D eigenvalue weighted by Crippen LogP contribution is -2.03. The molecular weight excluding hydrogens is 343 g/mol. The lowest BCUT2D eigenvalue weighted by atomic mass is 10.00. The first-order valence-electron chi connectivity index (χ1n) is 5.92. The van der Waals surface area contributed by atoms with Crippen LogP contribution in [0.25, 0.3) is 11.6 Å². The predicted molar refractivity (Wildman–Crippen MR) is 84.5 cm³/mol. The van der Waals surface area contributed by atoms with E-state index < -0.39 is 0 Å². The minimum Gasteiger partial charge on any atom is -0.293 e. The van der Waals surface area contributed by atoms with Crippen LogP contribution < -0.4 is 0 Å². The standard InChI is InChI=1S/C16H11BrClFO/c17-10-16(20)15(12-3-7-14(19)8-4-12)9-11-1-5-13(18)6-2-11/h1-9H,10H2. The number of carbonyl (C=O) groups excluding carboxylic acids is 1. The van der Waals surface area contributed by atoms with Gasteiger partial charge in [0.1, 0.15) is 5.82 Å². The Balaban J connectivity index is 2.44. The average molecular weight is 354 g/mol. The zero-order chi connectivity index (χ0) is 14.5. The van der Waals surface area contributed by atoms with Gasteiger partial charge < -0.3 is 0 Å².